The molecular formula is C16H16N2O4S. The number of thiophene rings is 1. The van der Waals surface area contributed by atoms with Crippen LogP contribution in [0.25, 0.3) is 0 Å². The molecule has 0 fully saturated rings. The van der Waals surface area contributed by atoms with Gasteiger partial charge in [-0.15, -0.1) is 11.3 Å². The molecule has 0 aliphatic heterocycles. The van der Waals surface area contributed by atoms with Crippen LogP contribution in [0, 0.1) is 0 Å². The summed E-state index contributed by atoms with van der Waals surface area (Å²) in [6.07, 6.45) is -0.957. The highest BCUT2D eigenvalue weighted by atomic mass is 32.1. The van der Waals surface area contributed by atoms with E-state index in [2.05, 4.69) is 10.6 Å². The van der Waals surface area contributed by atoms with Gasteiger partial charge < -0.3 is 15.4 Å². The van der Waals surface area contributed by atoms with E-state index in [0.717, 1.165) is 0 Å². The van der Waals surface area contributed by atoms with Gasteiger partial charge in [0.25, 0.3) is 11.8 Å². The SMILES string of the molecule is C[C@H](OC(=O)CNC(=O)c1cccs1)C(=O)Nc1ccccc1. The molecule has 0 radical (unpaired) electrons. The van der Waals surface area contributed by atoms with E-state index < -0.39 is 18.0 Å². The van der Waals surface area contributed by atoms with Crippen LogP contribution in [-0.4, -0.2) is 30.4 Å². The molecule has 0 saturated heterocycles. The summed E-state index contributed by atoms with van der Waals surface area (Å²) in [5.41, 5.74) is 0.617. The number of esters is 1. The van der Waals surface area contributed by atoms with Crippen molar-refractivity contribution in [2.45, 2.75) is 13.0 Å². The van der Waals surface area contributed by atoms with Gasteiger partial charge in [0.1, 0.15) is 6.54 Å². The zero-order chi connectivity index (χ0) is 16.7. The molecule has 0 spiro atoms. The van der Waals surface area contributed by atoms with E-state index in [-0.39, 0.29) is 12.5 Å². The van der Waals surface area contributed by atoms with Gasteiger partial charge in [-0.3, -0.25) is 14.4 Å². The maximum atomic E-state index is 11.9. The van der Waals surface area contributed by atoms with Gasteiger partial charge >= 0.3 is 5.97 Å². The molecule has 1 atom stereocenters. The van der Waals surface area contributed by atoms with Gasteiger partial charge in [0, 0.05) is 5.69 Å². The second-order valence-corrected chi connectivity index (χ2v) is 5.60. The molecule has 1 heterocycles. The van der Waals surface area contributed by atoms with Gasteiger partial charge in [0.2, 0.25) is 0 Å². The number of ether oxygens (including phenoxy) is 1. The highest BCUT2D eigenvalue weighted by molar-refractivity contribution is 7.12. The summed E-state index contributed by atoms with van der Waals surface area (Å²) < 4.78 is 4.99. The fourth-order valence-electron chi connectivity index (χ4n) is 1.71. The number of carbonyl (C=O) groups is 3. The third-order valence-electron chi connectivity index (χ3n) is 2.86. The largest absolute Gasteiger partial charge is 0.451 e. The van der Waals surface area contributed by atoms with E-state index in [0.29, 0.717) is 10.6 Å². The van der Waals surface area contributed by atoms with Crippen molar-refractivity contribution in [1.29, 1.82) is 0 Å². The number of anilines is 1. The summed E-state index contributed by atoms with van der Waals surface area (Å²) in [6.45, 7) is 1.18. The highest BCUT2D eigenvalue weighted by Gasteiger charge is 2.18. The standard InChI is InChI=1S/C16H16N2O4S/c1-11(15(20)18-12-6-3-2-4-7-12)22-14(19)10-17-16(21)13-8-5-9-23-13/h2-9,11H,10H2,1H3,(H,17,21)(H,18,20)/t11-/m0/s1. The maximum Gasteiger partial charge on any atom is 0.326 e. The van der Waals surface area contributed by atoms with Crippen LogP contribution in [0.3, 0.4) is 0 Å². The average molecular weight is 332 g/mol. The summed E-state index contributed by atoms with van der Waals surface area (Å²) in [4.78, 5) is 35.8. The first kappa shape index (κ1) is 16.7. The van der Waals surface area contributed by atoms with Gasteiger partial charge in [-0.05, 0) is 30.5 Å². The van der Waals surface area contributed by atoms with E-state index in [4.69, 9.17) is 4.74 Å². The molecule has 1 aromatic carbocycles. The Morgan fingerprint density at radius 1 is 1.13 bits per heavy atom. The molecule has 120 valence electrons. The van der Waals surface area contributed by atoms with Gasteiger partial charge in [0.15, 0.2) is 6.10 Å². The lowest BCUT2D eigenvalue weighted by Crippen LogP contribution is -2.35. The van der Waals surface area contributed by atoms with Gasteiger partial charge in [-0.1, -0.05) is 24.3 Å². The zero-order valence-corrected chi connectivity index (χ0v) is 13.3. The average Bonchev–Trinajstić information content (AvgIpc) is 3.08. The molecule has 0 aliphatic carbocycles. The minimum Gasteiger partial charge on any atom is -0.451 e. The molecule has 0 saturated carbocycles. The Labute approximate surface area is 137 Å². The molecule has 0 bridgehead atoms. The highest BCUT2D eigenvalue weighted by Crippen LogP contribution is 2.08. The predicted molar refractivity (Wildman–Crippen MR) is 87.3 cm³/mol. The first-order valence-electron chi connectivity index (χ1n) is 6.93. The van der Waals surface area contributed by atoms with Crippen LogP contribution in [-0.2, 0) is 14.3 Å². The Bertz CT molecular complexity index is 671. The Morgan fingerprint density at radius 2 is 1.87 bits per heavy atom. The van der Waals surface area contributed by atoms with Crippen LogP contribution in [0.1, 0.15) is 16.6 Å². The summed E-state index contributed by atoms with van der Waals surface area (Å²) in [7, 11) is 0. The van der Waals surface area contributed by atoms with Gasteiger partial charge in [-0.25, -0.2) is 0 Å². The third-order valence-corrected chi connectivity index (χ3v) is 3.73. The van der Waals surface area contributed by atoms with Gasteiger partial charge in [-0.2, -0.15) is 0 Å². The molecule has 2 amide bonds. The van der Waals surface area contributed by atoms with E-state index in [1.54, 1.807) is 41.8 Å². The number of hydrogen-bond donors (Lipinski definition) is 2. The van der Waals surface area contributed by atoms with Crippen LogP contribution in [0.15, 0.2) is 47.8 Å². The van der Waals surface area contributed by atoms with E-state index in [1.165, 1.54) is 18.3 Å². The maximum absolute atomic E-state index is 11.9. The molecule has 6 nitrogen and oxygen atoms in total. The molecule has 2 rings (SSSR count). The lowest BCUT2D eigenvalue weighted by molar-refractivity contribution is -0.152. The first-order chi connectivity index (χ1) is 11.1. The third kappa shape index (κ3) is 5.23. The Balaban J connectivity index is 1.75. The molecule has 1 aromatic heterocycles. The monoisotopic (exact) mass is 332 g/mol. The minimum atomic E-state index is -0.957. The van der Waals surface area contributed by atoms with Crippen molar-refractivity contribution in [2.24, 2.45) is 0 Å². The Kier molecular flexibility index (Phi) is 5.87. The van der Waals surface area contributed by atoms with Crippen LogP contribution in [0.4, 0.5) is 5.69 Å². The second-order valence-electron chi connectivity index (χ2n) is 4.65. The molecule has 0 aliphatic rings. The molecule has 7 heteroatoms. The predicted octanol–water partition coefficient (Wildman–Crippen LogP) is 2.05. The van der Waals surface area contributed by atoms with Crippen molar-refractivity contribution >= 4 is 34.8 Å². The number of carbonyl (C=O) groups excluding carboxylic acids is 3. The number of amides is 2. The summed E-state index contributed by atoms with van der Waals surface area (Å²) in [6, 6.07) is 12.3. The minimum absolute atomic E-state index is 0.292. The Hall–Kier alpha value is -2.67. The number of hydrogen-bond acceptors (Lipinski definition) is 5. The van der Waals surface area contributed by atoms with Crippen LogP contribution < -0.4 is 10.6 Å². The van der Waals surface area contributed by atoms with Crippen molar-refractivity contribution in [1.82, 2.24) is 5.32 Å². The fraction of sp³-hybridized carbons (Fsp3) is 0.188. The number of nitrogens with one attached hydrogen (secondary N) is 2. The van der Waals surface area contributed by atoms with Crippen molar-refractivity contribution in [3.05, 3.63) is 52.7 Å². The lowest BCUT2D eigenvalue weighted by Gasteiger charge is -2.13. The normalized spacial score (nSPS) is 11.3. The van der Waals surface area contributed by atoms with Crippen molar-refractivity contribution in [2.75, 3.05) is 11.9 Å². The summed E-state index contributed by atoms with van der Waals surface area (Å²) >= 11 is 1.27. The van der Waals surface area contributed by atoms with Crippen molar-refractivity contribution in [3.63, 3.8) is 0 Å². The fourth-order valence-corrected chi connectivity index (χ4v) is 2.35. The number of benzene rings is 1. The van der Waals surface area contributed by atoms with Crippen molar-refractivity contribution in [3.8, 4) is 0 Å². The van der Waals surface area contributed by atoms with E-state index in [1.807, 2.05) is 6.07 Å². The molecular weight excluding hydrogens is 316 g/mol. The smallest absolute Gasteiger partial charge is 0.326 e. The zero-order valence-electron chi connectivity index (χ0n) is 12.4. The number of para-hydroxylation sites is 1. The molecule has 23 heavy (non-hydrogen) atoms. The topological polar surface area (TPSA) is 84.5 Å². The Morgan fingerprint density at radius 3 is 2.52 bits per heavy atom. The molecule has 2 aromatic rings. The van der Waals surface area contributed by atoms with Crippen molar-refractivity contribution < 1.29 is 19.1 Å². The summed E-state index contributed by atoms with van der Waals surface area (Å²) in [5, 5.41) is 6.84. The summed E-state index contributed by atoms with van der Waals surface area (Å²) in [5.74, 6) is -1.46. The van der Waals surface area contributed by atoms with E-state index >= 15 is 0 Å². The first-order valence-corrected chi connectivity index (χ1v) is 7.81. The van der Waals surface area contributed by atoms with E-state index in [9.17, 15) is 14.4 Å². The lowest BCUT2D eigenvalue weighted by atomic mass is 10.3. The molecule has 0 unspecified atom stereocenters. The van der Waals surface area contributed by atoms with Crippen LogP contribution in [0.2, 0.25) is 0 Å². The molecule has 2 N–H and O–H groups in total. The van der Waals surface area contributed by atoms with Crippen LogP contribution in [0.5, 0.6) is 0 Å². The quantitative estimate of drug-likeness (QED) is 0.793. The van der Waals surface area contributed by atoms with Gasteiger partial charge in [0.05, 0.1) is 4.88 Å². The number of rotatable bonds is 6. The van der Waals surface area contributed by atoms with Crippen LogP contribution >= 0.6 is 11.3 Å². The second kappa shape index (κ2) is 8.09.